The van der Waals surface area contributed by atoms with Crippen LogP contribution in [0.25, 0.3) is 0 Å². The number of aliphatic carboxylic acids is 1. The average Bonchev–Trinajstić information content (AvgIpc) is 2.80. The zero-order valence-electron chi connectivity index (χ0n) is 12.6. The second-order valence-electron chi connectivity index (χ2n) is 5.55. The summed E-state index contributed by atoms with van der Waals surface area (Å²) in [4.78, 5) is 13.0. The summed E-state index contributed by atoms with van der Waals surface area (Å²) in [5.41, 5.74) is 1.35. The molecule has 2 unspecified atom stereocenters. The molecular formula is C16H24ClNO3. The third-order valence-corrected chi connectivity index (χ3v) is 4.13. The number of carboxylic acid groups (broad SMARTS) is 1. The highest BCUT2D eigenvalue weighted by atomic mass is 35.5. The summed E-state index contributed by atoms with van der Waals surface area (Å²) in [6.45, 7) is 4.12. The first kappa shape index (κ1) is 17.8. The number of rotatable bonds is 6. The van der Waals surface area contributed by atoms with E-state index in [1.807, 2.05) is 12.1 Å². The number of halogens is 1. The van der Waals surface area contributed by atoms with Gasteiger partial charge in [-0.15, -0.1) is 12.4 Å². The van der Waals surface area contributed by atoms with Gasteiger partial charge < -0.3 is 14.7 Å². The van der Waals surface area contributed by atoms with E-state index in [-0.39, 0.29) is 18.8 Å². The van der Waals surface area contributed by atoms with E-state index in [9.17, 15) is 4.79 Å². The van der Waals surface area contributed by atoms with E-state index in [4.69, 9.17) is 9.84 Å². The second kappa shape index (κ2) is 8.25. The molecule has 0 amide bonds. The zero-order chi connectivity index (χ0) is 14.5. The van der Waals surface area contributed by atoms with E-state index in [2.05, 4.69) is 24.0 Å². The van der Waals surface area contributed by atoms with Crippen molar-refractivity contribution >= 4 is 18.4 Å². The summed E-state index contributed by atoms with van der Waals surface area (Å²) in [5.74, 6) is 0.724. The van der Waals surface area contributed by atoms with Gasteiger partial charge in [-0.05, 0) is 49.9 Å². The Hall–Kier alpha value is -1.26. The molecule has 118 valence electrons. The van der Waals surface area contributed by atoms with Crippen LogP contribution >= 0.6 is 12.4 Å². The predicted octanol–water partition coefficient (Wildman–Crippen LogP) is 3.16. The van der Waals surface area contributed by atoms with Crippen molar-refractivity contribution in [2.45, 2.75) is 38.1 Å². The first-order valence-electron chi connectivity index (χ1n) is 7.20. The highest BCUT2D eigenvalue weighted by Crippen LogP contribution is 2.32. The van der Waals surface area contributed by atoms with E-state index in [1.165, 1.54) is 5.56 Å². The Balaban J connectivity index is 0.00000220. The Morgan fingerprint density at radius 3 is 2.62 bits per heavy atom. The molecular weight excluding hydrogens is 290 g/mol. The molecule has 1 aliphatic rings. The summed E-state index contributed by atoms with van der Waals surface area (Å²) in [7, 11) is 1.68. The lowest BCUT2D eigenvalue weighted by molar-refractivity contribution is -0.137. The topological polar surface area (TPSA) is 49.8 Å². The van der Waals surface area contributed by atoms with E-state index in [1.54, 1.807) is 7.11 Å². The molecule has 1 N–H and O–H groups in total. The maximum atomic E-state index is 10.6. The summed E-state index contributed by atoms with van der Waals surface area (Å²) < 4.78 is 5.18. The Bertz CT molecular complexity index is 449. The second-order valence-corrected chi connectivity index (χ2v) is 5.55. The van der Waals surface area contributed by atoms with Crippen LogP contribution in [-0.4, -0.2) is 42.2 Å². The Kier molecular flexibility index (Phi) is 6.99. The number of carboxylic acids is 1. The van der Waals surface area contributed by atoms with Crippen LogP contribution in [0.2, 0.25) is 0 Å². The molecule has 0 bridgehead atoms. The highest BCUT2D eigenvalue weighted by molar-refractivity contribution is 5.85. The molecule has 1 heterocycles. The average molecular weight is 314 g/mol. The molecule has 5 heteroatoms. The van der Waals surface area contributed by atoms with Gasteiger partial charge in [-0.2, -0.15) is 0 Å². The highest BCUT2D eigenvalue weighted by Gasteiger charge is 2.29. The Labute approximate surface area is 132 Å². The van der Waals surface area contributed by atoms with Crippen molar-refractivity contribution in [3.63, 3.8) is 0 Å². The number of ether oxygens (including phenoxy) is 1. The van der Waals surface area contributed by atoms with Gasteiger partial charge in [0.15, 0.2) is 0 Å². The van der Waals surface area contributed by atoms with Crippen LogP contribution in [0.15, 0.2) is 24.3 Å². The number of carbonyl (C=O) groups is 1. The van der Waals surface area contributed by atoms with E-state index >= 15 is 0 Å². The van der Waals surface area contributed by atoms with E-state index in [0.29, 0.717) is 12.0 Å². The number of methoxy groups -OCH3 is 1. The van der Waals surface area contributed by atoms with Gasteiger partial charge in [0.1, 0.15) is 5.75 Å². The van der Waals surface area contributed by atoms with Gasteiger partial charge in [-0.3, -0.25) is 4.79 Å². The molecule has 2 atom stereocenters. The molecule has 2 rings (SSSR count). The monoisotopic (exact) mass is 313 g/mol. The molecule has 4 nitrogen and oxygen atoms in total. The molecule has 0 radical (unpaired) electrons. The minimum Gasteiger partial charge on any atom is -0.497 e. The maximum absolute atomic E-state index is 10.6. The van der Waals surface area contributed by atoms with Crippen molar-refractivity contribution in [1.82, 2.24) is 4.90 Å². The molecule has 0 aromatic heterocycles. The molecule has 0 saturated carbocycles. The lowest BCUT2D eigenvalue weighted by Gasteiger charge is -2.20. The van der Waals surface area contributed by atoms with Gasteiger partial charge in [-0.25, -0.2) is 0 Å². The van der Waals surface area contributed by atoms with Crippen molar-refractivity contribution in [2.24, 2.45) is 0 Å². The fraction of sp³-hybridized carbons (Fsp3) is 0.562. The first-order valence-corrected chi connectivity index (χ1v) is 7.20. The summed E-state index contributed by atoms with van der Waals surface area (Å²) in [5, 5.41) is 8.70. The van der Waals surface area contributed by atoms with Gasteiger partial charge in [0.05, 0.1) is 7.11 Å². The number of nitrogens with zero attached hydrogens (tertiary/aromatic N) is 1. The van der Waals surface area contributed by atoms with Crippen LogP contribution in [-0.2, 0) is 4.79 Å². The molecule has 1 fully saturated rings. The molecule has 1 aromatic rings. The molecule has 1 aliphatic heterocycles. The molecule has 0 aliphatic carbocycles. The summed E-state index contributed by atoms with van der Waals surface area (Å²) >= 11 is 0. The van der Waals surface area contributed by atoms with Crippen molar-refractivity contribution < 1.29 is 14.6 Å². The molecule has 0 spiro atoms. The minimum absolute atomic E-state index is 0. The number of hydrogen-bond donors (Lipinski definition) is 1. The van der Waals surface area contributed by atoms with Crippen molar-refractivity contribution in [3.8, 4) is 5.75 Å². The maximum Gasteiger partial charge on any atom is 0.303 e. The molecule has 1 aromatic carbocycles. The standard InChI is InChI=1S/C16H23NO3.ClH/c1-12-10-14(11-17(12)9-3-4-16(18)19)13-5-7-15(20-2)8-6-13;/h5-8,12,14H,3-4,9-11H2,1-2H3,(H,18,19);1H. The van der Waals surface area contributed by atoms with Crippen molar-refractivity contribution in [3.05, 3.63) is 29.8 Å². The number of likely N-dealkylation sites (tertiary alicyclic amines) is 1. The minimum atomic E-state index is -0.705. The third kappa shape index (κ3) is 4.90. The van der Waals surface area contributed by atoms with Gasteiger partial charge >= 0.3 is 5.97 Å². The van der Waals surface area contributed by atoms with Crippen LogP contribution in [0.4, 0.5) is 0 Å². The van der Waals surface area contributed by atoms with Gasteiger partial charge in [0.25, 0.3) is 0 Å². The third-order valence-electron chi connectivity index (χ3n) is 4.13. The van der Waals surface area contributed by atoms with Crippen LogP contribution in [0.5, 0.6) is 5.75 Å². The van der Waals surface area contributed by atoms with Crippen molar-refractivity contribution in [2.75, 3.05) is 20.2 Å². The fourth-order valence-corrected chi connectivity index (χ4v) is 2.96. The van der Waals surface area contributed by atoms with E-state index in [0.717, 1.165) is 31.7 Å². The zero-order valence-corrected chi connectivity index (χ0v) is 13.4. The summed E-state index contributed by atoms with van der Waals surface area (Å²) in [6.07, 6.45) is 2.13. The first-order chi connectivity index (χ1) is 9.60. The lowest BCUT2D eigenvalue weighted by atomic mass is 9.97. The Morgan fingerprint density at radius 2 is 2.05 bits per heavy atom. The van der Waals surface area contributed by atoms with Crippen LogP contribution in [0.3, 0.4) is 0 Å². The predicted molar refractivity (Wildman–Crippen MR) is 85.5 cm³/mol. The number of hydrogen-bond acceptors (Lipinski definition) is 3. The van der Waals surface area contributed by atoms with Crippen LogP contribution in [0, 0.1) is 0 Å². The summed E-state index contributed by atoms with van der Waals surface area (Å²) in [6, 6.07) is 8.81. The van der Waals surface area contributed by atoms with E-state index < -0.39 is 5.97 Å². The van der Waals surface area contributed by atoms with Crippen LogP contribution in [0.1, 0.15) is 37.7 Å². The number of benzene rings is 1. The lowest BCUT2D eigenvalue weighted by Crippen LogP contribution is -2.28. The van der Waals surface area contributed by atoms with Gasteiger partial charge in [-0.1, -0.05) is 12.1 Å². The van der Waals surface area contributed by atoms with Crippen LogP contribution < -0.4 is 4.74 Å². The quantitative estimate of drug-likeness (QED) is 0.876. The fourth-order valence-electron chi connectivity index (χ4n) is 2.96. The SMILES string of the molecule is COc1ccc(C2CC(C)N(CCCC(=O)O)C2)cc1.Cl. The largest absolute Gasteiger partial charge is 0.497 e. The molecule has 1 saturated heterocycles. The Morgan fingerprint density at radius 1 is 1.38 bits per heavy atom. The normalized spacial score (nSPS) is 21.8. The van der Waals surface area contributed by atoms with Gasteiger partial charge in [0, 0.05) is 19.0 Å². The van der Waals surface area contributed by atoms with Crippen molar-refractivity contribution in [1.29, 1.82) is 0 Å². The molecule has 21 heavy (non-hydrogen) atoms. The van der Waals surface area contributed by atoms with Gasteiger partial charge in [0.2, 0.25) is 0 Å². The smallest absolute Gasteiger partial charge is 0.303 e.